The number of fused-ring (bicyclic) bond motifs is 1. The fraction of sp³-hybridized carbons (Fsp3) is 0.278. The van der Waals surface area contributed by atoms with E-state index in [9.17, 15) is 28.2 Å². The Morgan fingerprint density at radius 2 is 1.83 bits per heavy atom. The lowest BCUT2D eigenvalue weighted by Crippen LogP contribution is -2.40. The molecule has 0 aliphatic carbocycles. The number of aromatic nitrogens is 3. The number of halogens is 3. The number of amides is 1. The summed E-state index contributed by atoms with van der Waals surface area (Å²) < 4.78 is 46.7. The third-order valence-corrected chi connectivity index (χ3v) is 4.56. The van der Waals surface area contributed by atoms with E-state index in [4.69, 9.17) is 4.74 Å². The molecule has 3 aromatic rings. The quantitative estimate of drug-likeness (QED) is 0.632. The number of hydrogen-bond acceptors (Lipinski definition) is 6. The number of phenols is 2. The molecule has 2 N–H and O–H groups in total. The van der Waals surface area contributed by atoms with Crippen molar-refractivity contribution in [3.8, 4) is 22.8 Å². The fourth-order valence-electron chi connectivity index (χ4n) is 3.08. The Hall–Kier alpha value is -3.34. The van der Waals surface area contributed by atoms with Crippen molar-refractivity contribution < 1.29 is 32.9 Å². The van der Waals surface area contributed by atoms with Crippen LogP contribution in [-0.2, 0) is 10.9 Å². The monoisotopic (exact) mass is 408 g/mol. The Labute approximate surface area is 161 Å². The normalized spacial score (nSPS) is 15.1. The smallest absolute Gasteiger partial charge is 0.433 e. The number of carbonyl (C=O) groups is 1. The molecule has 152 valence electrons. The van der Waals surface area contributed by atoms with E-state index in [1.807, 2.05) is 0 Å². The summed E-state index contributed by atoms with van der Waals surface area (Å²) in [6.45, 7) is 1.30. The van der Waals surface area contributed by atoms with E-state index in [1.54, 1.807) is 0 Å². The third-order valence-electron chi connectivity index (χ3n) is 4.56. The van der Waals surface area contributed by atoms with Crippen molar-refractivity contribution in [1.82, 2.24) is 19.5 Å². The van der Waals surface area contributed by atoms with E-state index in [0.29, 0.717) is 30.8 Å². The zero-order valence-electron chi connectivity index (χ0n) is 14.8. The maximum absolute atomic E-state index is 13.6. The highest BCUT2D eigenvalue weighted by atomic mass is 19.4. The lowest BCUT2D eigenvalue weighted by molar-refractivity contribution is -0.142. The van der Waals surface area contributed by atoms with Gasteiger partial charge in [-0.25, -0.2) is 9.50 Å². The summed E-state index contributed by atoms with van der Waals surface area (Å²) in [5.41, 5.74) is -1.43. The van der Waals surface area contributed by atoms with Gasteiger partial charge in [0.1, 0.15) is 5.56 Å². The van der Waals surface area contributed by atoms with Crippen LogP contribution in [0.5, 0.6) is 11.5 Å². The number of aromatic hydroxyl groups is 2. The first kappa shape index (κ1) is 19.0. The molecule has 1 aliphatic rings. The van der Waals surface area contributed by atoms with Gasteiger partial charge in [0, 0.05) is 18.7 Å². The van der Waals surface area contributed by atoms with Gasteiger partial charge < -0.3 is 19.8 Å². The number of phenolic OH excluding ortho intramolecular Hbond substituents is 2. The molecule has 2 aromatic heterocycles. The van der Waals surface area contributed by atoms with Crippen molar-refractivity contribution in [2.24, 2.45) is 0 Å². The molecule has 0 atom stereocenters. The Balaban J connectivity index is 1.89. The molecule has 0 saturated carbocycles. The topological polar surface area (TPSA) is 100 Å². The molecule has 1 amide bonds. The SMILES string of the molecule is O=C(c1cnn2c(C(F)(F)F)cc(-c3ccc(O)c(O)c3)nc12)N1CCOCC1. The van der Waals surface area contributed by atoms with Crippen LogP contribution in [0, 0.1) is 0 Å². The average Bonchev–Trinajstić information content (AvgIpc) is 3.12. The molecule has 1 aliphatic heterocycles. The molecule has 0 radical (unpaired) electrons. The van der Waals surface area contributed by atoms with Gasteiger partial charge in [-0.1, -0.05) is 0 Å². The molecule has 29 heavy (non-hydrogen) atoms. The number of benzene rings is 1. The Morgan fingerprint density at radius 3 is 2.48 bits per heavy atom. The molecule has 1 saturated heterocycles. The van der Waals surface area contributed by atoms with Crippen molar-refractivity contribution in [3.05, 3.63) is 41.7 Å². The second-order valence-electron chi connectivity index (χ2n) is 6.43. The van der Waals surface area contributed by atoms with Gasteiger partial charge in [0.15, 0.2) is 22.8 Å². The molecule has 0 spiro atoms. The standard InChI is InChI=1S/C18H15F3N4O4/c19-18(20,21)15-8-12(10-1-2-13(26)14(27)7-10)23-16-11(9-22-25(15)16)17(28)24-3-5-29-6-4-24/h1-2,7-9,26-27H,3-6H2. The summed E-state index contributed by atoms with van der Waals surface area (Å²) >= 11 is 0. The molecular weight excluding hydrogens is 393 g/mol. The van der Waals surface area contributed by atoms with Gasteiger partial charge in [0.25, 0.3) is 5.91 Å². The van der Waals surface area contributed by atoms with Crippen LogP contribution in [0.4, 0.5) is 13.2 Å². The van der Waals surface area contributed by atoms with Gasteiger partial charge in [-0.3, -0.25) is 4.79 Å². The first-order chi connectivity index (χ1) is 13.8. The van der Waals surface area contributed by atoms with Crippen LogP contribution in [0.3, 0.4) is 0 Å². The number of hydrogen-bond donors (Lipinski definition) is 2. The van der Waals surface area contributed by atoms with Crippen molar-refractivity contribution in [3.63, 3.8) is 0 Å². The number of nitrogens with zero attached hydrogens (tertiary/aromatic N) is 4. The van der Waals surface area contributed by atoms with Crippen LogP contribution in [0.15, 0.2) is 30.5 Å². The van der Waals surface area contributed by atoms with Crippen LogP contribution in [0.25, 0.3) is 16.9 Å². The second kappa shape index (κ2) is 6.92. The number of rotatable bonds is 2. The molecule has 8 nitrogen and oxygen atoms in total. The minimum absolute atomic E-state index is 0.0674. The van der Waals surface area contributed by atoms with E-state index in [-0.39, 0.29) is 22.5 Å². The van der Waals surface area contributed by atoms with Crippen LogP contribution < -0.4 is 0 Å². The summed E-state index contributed by atoms with van der Waals surface area (Å²) in [4.78, 5) is 18.5. The average molecular weight is 408 g/mol. The predicted molar refractivity (Wildman–Crippen MR) is 93.5 cm³/mol. The zero-order valence-corrected chi connectivity index (χ0v) is 14.8. The van der Waals surface area contributed by atoms with Gasteiger partial charge in [-0.15, -0.1) is 0 Å². The third kappa shape index (κ3) is 3.44. The van der Waals surface area contributed by atoms with Crippen LogP contribution in [0.1, 0.15) is 16.1 Å². The Bertz CT molecular complexity index is 1090. The Kier molecular flexibility index (Phi) is 4.53. The molecule has 1 aromatic carbocycles. The first-order valence-corrected chi connectivity index (χ1v) is 8.61. The van der Waals surface area contributed by atoms with Gasteiger partial charge in [-0.2, -0.15) is 18.3 Å². The second-order valence-corrected chi connectivity index (χ2v) is 6.43. The number of morpholine rings is 1. The van der Waals surface area contributed by atoms with Gasteiger partial charge in [0.05, 0.1) is 25.1 Å². The van der Waals surface area contributed by atoms with E-state index in [0.717, 1.165) is 24.4 Å². The highest BCUT2D eigenvalue weighted by Gasteiger charge is 2.36. The largest absolute Gasteiger partial charge is 0.504 e. The molecule has 4 rings (SSSR count). The minimum atomic E-state index is -4.76. The van der Waals surface area contributed by atoms with E-state index >= 15 is 0 Å². The molecule has 3 heterocycles. The predicted octanol–water partition coefficient (Wildman–Crippen LogP) is 2.30. The summed E-state index contributed by atoms with van der Waals surface area (Å²) in [5, 5.41) is 22.9. The van der Waals surface area contributed by atoms with Crippen LogP contribution >= 0.6 is 0 Å². The number of alkyl halides is 3. The molecule has 11 heteroatoms. The van der Waals surface area contributed by atoms with Gasteiger partial charge >= 0.3 is 6.18 Å². The zero-order chi connectivity index (χ0) is 20.8. The van der Waals surface area contributed by atoms with Crippen molar-refractivity contribution in [2.75, 3.05) is 26.3 Å². The van der Waals surface area contributed by atoms with E-state index in [2.05, 4.69) is 10.1 Å². The fourth-order valence-corrected chi connectivity index (χ4v) is 3.08. The molecule has 1 fully saturated rings. The maximum atomic E-state index is 13.6. The van der Waals surface area contributed by atoms with E-state index < -0.39 is 29.3 Å². The summed E-state index contributed by atoms with van der Waals surface area (Å²) in [5.74, 6) is -1.41. The van der Waals surface area contributed by atoms with E-state index in [1.165, 1.54) is 11.0 Å². The van der Waals surface area contributed by atoms with Crippen molar-refractivity contribution in [1.29, 1.82) is 0 Å². The van der Waals surface area contributed by atoms with Crippen molar-refractivity contribution in [2.45, 2.75) is 6.18 Å². The summed E-state index contributed by atoms with van der Waals surface area (Å²) in [7, 11) is 0. The maximum Gasteiger partial charge on any atom is 0.433 e. The molecule has 0 bridgehead atoms. The van der Waals surface area contributed by atoms with Crippen molar-refractivity contribution >= 4 is 11.6 Å². The first-order valence-electron chi connectivity index (χ1n) is 8.61. The highest BCUT2D eigenvalue weighted by molar-refractivity contribution is 6.00. The Morgan fingerprint density at radius 1 is 1.10 bits per heavy atom. The van der Waals surface area contributed by atoms with Gasteiger partial charge in [0.2, 0.25) is 0 Å². The van der Waals surface area contributed by atoms with Crippen LogP contribution in [0.2, 0.25) is 0 Å². The van der Waals surface area contributed by atoms with Gasteiger partial charge in [-0.05, 0) is 24.3 Å². The minimum Gasteiger partial charge on any atom is -0.504 e. The highest BCUT2D eigenvalue weighted by Crippen LogP contribution is 2.35. The van der Waals surface area contributed by atoms with Crippen LogP contribution in [-0.4, -0.2) is 61.9 Å². The summed E-state index contributed by atoms with van der Waals surface area (Å²) in [6, 6.07) is 4.32. The summed E-state index contributed by atoms with van der Waals surface area (Å²) in [6.07, 6.45) is -3.70. The molecule has 0 unspecified atom stereocenters. The number of carbonyl (C=O) groups excluding carboxylic acids is 1. The lowest BCUT2D eigenvalue weighted by atomic mass is 10.1. The number of ether oxygens (including phenoxy) is 1. The lowest BCUT2D eigenvalue weighted by Gasteiger charge is -2.26. The molecular formula is C18H15F3N4O4.